The maximum atomic E-state index is 13.4. The van der Waals surface area contributed by atoms with Crippen LogP contribution in [0.1, 0.15) is 50.3 Å². The van der Waals surface area contributed by atoms with Gasteiger partial charge in [0.25, 0.3) is 0 Å². The highest BCUT2D eigenvalue weighted by Crippen LogP contribution is 2.36. The lowest BCUT2D eigenvalue weighted by atomic mass is 9.78. The van der Waals surface area contributed by atoms with Gasteiger partial charge in [-0.15, -0.1) is 0 Å². The number of primary amides is 1. The lowest BCUT2D eigenvalue weighted by Crippen LogP contribution is -2.47. The smallest absolute Gasteiger partial charge is 0.399 e. The Bertz CT molecular complexity index is 1140. The molecule has 3 aromatic carbocycles. The number of nitrogens with one attached hydrogen (secondary N) is 1. The summed E-state index contributed by atoms with van der Waals surface area (Å²) in [6.07, 6.45) is 0.279. The number of carbonyl (C=O) groups excluding carboxylic acids is 2. The quantitative estimate of drug-likeness (QED) is 0.480. The van der Waals surface area contributed by atoms with E-state index in [1.54, 1.807) is 0 Å². The first-order valence-corrected chi connectivity index (χ1v) is 12.2. The van der Waals surface area contributed by atoms with E-state index < -0.39 is 36.2 Å². The van der Waals surface area contributed by atoms with Crippen molar-refractivity contribution in [2.45, 2.75) is 57.3 Å². The van der Waals surface area contributed by atoms with Gasteiger partial charge in [0.1, 0.15) is 6.04 Å². The SMILES string of the molecule is CC1(C)OB(c2ccc(C[C@@H](NC(=O)C(c3ccccc3)c3ccccc3)C(N)=O)cc2)OC1(C)C. The van der Waals surface area contributed by atoms with Crippen LogP contribution < -0.4 is 16.5 Å². The molecule has 7 heteroatoms. The third-order valence-corrected chi connectivity index (χ3v) is 7.13. The lowest BCUT2D eigenvalue weighted by molar-refractivity contribution is -0.127. The first kappa shape index (κ1) is 25.7. The van der Waals surface area contributed by atoms with Crippen LogP contribution in [-0.4, -0.2) is 36.2 Å². The standard InChI is InChI=1S/C29H33BN2O4/c1-28(2)29(3,4)36-30(35-28)23-17-15-20(16-18-23)19-24(26(31)33)32-27(34)25(21-11-7-5-8-12-21)22-13-9-6-10-14-22/h5-18,24-25H,19H2,1-4H3,(H2,31,33)(H,32,34)/t24-/m1/s1. The minimum Gasteiger partial charge on any atom is -0.399 e. The maximum Gasteiger partial charge on any atom is 0.494 e. The van der Waals surface area contributed by atoms with Gasteiger partial charge in [-0.1, -0.05) is 84.9 Å². The van der Waals surface area contributed by atoms with Crippen molar-refractivity contribution in [2.75, 3.05) is 0 Å². The highest BCUT2D eigenvalue weighted by atomic mass is 16.7. The van der Waals surface area contributed by atoms with Crippen molar-refractivity contribution in [3.8, 4) is 0 Å². The van der Waals surface area contributed by atoms with Crippen LogP contribution in [0.5, 0.6) is 0 Å². The van der Waals surface area contributed by atoms with Crippen LogP contribution in [0.4, 0.5) is 0 Å². The number of hydrogen-bond acceptors (Lipinski definition) is 4. The van der Waals surface area contributed by atoms with E-state index >= 15 is 0 Å². The zero-order valence-corrected chi connectivity index (χ0v) is 21.2. The molecule has 186 valence electrons. The molecule has 0 radical (unpaired) electrons. The highest BCUT2D eigenvalue weighted by molar-refractivity contribution is 6.62. The van der Waals surface area contributed by atoms with E-state index in [9.17, 15) is 9.59 Å². The number of carbonyl (C=O) groups is 2. The largest absolute Gasteiger partial charge is 0.494 e. The van der Waals surface area contributed by atoms with Crippen molar-refractivity contribution < 1.29 is 18.9 Å². The summed E-state index contributed by atoms with van der Waals surface area (Å²) in [6.45, 7) is 8.05. The molecular weight excluding hydrogens is 451 g/mol. The van der Waals surface area contributed by atoms with Crippen molar-refractivity contribution in [2.24, 2.45) is 5.73 Å². The maximum absolute atomic E-state index is 13.4. The Morgan fingerprint density at radius 3 is 1.72 bits per heavy atom. The zero-order valence-electron chi connectivity index (χ0n) is 21.2. The fourth-order valence-electron chi connectivity index (χ4n) is 4.29. The third kappa shape index (κ3) is 5.53. The molecule has 3 N–H and O–H groups in total. The molecular formula is C29H33BN2O4. The fraction of sp³-hybridized carbons (Fsp3) is 0.310. The molecule has 36 heavy (non-hydrogen) atoms. The molecule has 1 aliphatic heterocycles. The average molecular weight is 484 g/mol. The van der Waals surface area contributed by atoms with E-state index in [0.29, 0.717) is 0 Å². The topological polar surface area (TPSA) is 90.6 Å². The number of benzene rings is 3. The first-order valence-electron chi connectivity index (χ1n) is 12.2. The second-order valence-corrected chi connectivity index (χ2v) is 10.3. The van der Waals surface area contributed by atoms with Gasteiger partial charge in [0.15, 0.2) is 0 Å². The van der Waals surface area contributed by atoms with E-state index in [0.717, 1.165) is 22.2 Å². The molecule has 0 spiro atoms. The number of amides is 2. The normalized spacial score (nSPS) is 17.1. The first-order chi connectivity index (χ1) is 17.1. The van der Waals surface area contributed by atoms with Gasteiger partial charge in [-0.2, -0.15) is 0 Å². The van der Waals surface area contributed by atoms with E-state index in [1.807, 2.05) is 113 Å². The minimum atomic E-state index is -0.852. The molecule has 0 aliphatic carbocycles. The monoisotopic (exact) mass is 484 g/mol. The zero-order chi connectivity index (χ0) is 25.9. The van der Waals surface area contributed by atoms with Gasteiger partial charge in [-0.25, -0.2) is 0 Å². The predicted octanol–water partition coefficient (Wildman–Crippen LogP) is 3.33. The second kappa shape index (κ2) is 10.3. The molecule has 3 aromatic rings. The molecule has 1 atom stereocenters. The lowest BCUT2D eigenvalue weighted by Gasteiger charge is -2.32. The predicted molar refractivity (Wildman–Crippen MR) is 142 cm³/mol. The molecule has 6 nitrogen and oxygen atoms in total. The Balaban J connectivity index is 1.49. The highest BCUT2D eigenvalue weighted by Gasteiger charge is 2.51. The van der Waals surface area contributed by atoms with Crippen LogP contribution in [-0.2, 0) is 25.3 Å². The van der Waals surface area contributed by atoms with Gasteiger partial charge in [-0.3, -0.25) is 9.59 Å². The summed E-state index contributed by atoms with van der Waals surface area (Å²) in [5.41, 5.74) is 8.31. The summed E-state index contributed by atoms with van der Waals surface area (Å²) in [6, 6.07) is 25.8. The second-order valence-electron chi connectivity index (χ2n) is 10.3. The van der Waals surface area contributed by atoms with Crippen molar-refractivity contribution in [3.63, 3.8) is 0 Å². The van der Waals surface area contributed by atoms with Crippen LogP contribution in [0.3, 0.4) is 0 Å². The third-order valence-electron chi connectivity index (χ3n) is 7.13. The van der Waals surface area contributed by atoms with Crippen molar-refractivity contribution in [1.29, 1.82) is 0 Å². The summed E-state index contributed by atoms with van der Waals surface area (Å²) in [7, 11) is -0.465. The summed E-state index contributed by atoms with van der Waals surface area (Å²) in [5, 5.41) is 2.89. The average Bonchev–Trinajstić information content (AvgIpc) is 3.07. The summed E-state index contributed by atoms with van der Waals surface area (Å²) in [5.74, 6) is -1.41. The molecule has 0 bridgehead atoms. The molecule has 1 fully saturated rings. The summed E-state index contributed by atoms with van der Waals surface area (Å²) >= 11 is 0. The Morgan fingerprint density at radius 1 is 0.806 bits per heavy atom. The molecule has 0 unspecified atom stereocenters. The Labute approximate surface area is 213 Å². The van der Waals surface area contributed by atoms with Gasteiger partial charge in [0.05, 0.1) is 17.1 Å². The van der Waals surface area contributed by atoms with Gasteiger partial charge < -0.3 is 20.4 Å². The number of rotatable bonds is 8. The summed E-state index contributed by atoms with van der Waals surface area (Å²) < 4.78 is 12.2. The van der Waals surface area contributed by atoms with Gasteiger partial charge in [0, 0.05) is 6.42 Å². The Hall–Kier alpha value is -3.42. The minimum absolute atomic E-state index is 0.273. The van der Waals surface area contributed by atoms with Gasteiger partial charge >= 0.3 is 7.12 Å². The number of hydrogen-bond donors (Lipinski definition) is 2. The van der Waals surface area contributed by atoms with Crippen molar-refractivity contribution in [1.82, 2.24) is 5.32 Å². The molecule has 4 rings (SSSR count). The van der Waals surface area contributed by atoms with Crippen LogP contribution in [0.2, 0.25) is 0 Å². The van der Waals surface area contributed by atoms with Gasteiger partial charge in [0.2, 0.25) is 11.8 Å². The van der Waals surface area contributed by atoms with Crippen LogP contribution >= 0.6 is 0 Å². The van der Waals surface area contributed by atoms with Crippen LogP contribution in [0, 0.1) is 0 Å². The molecule has 0 aromatic heterocycles. The Kier molecular flexibility index (Phi) is 7.34. The van der Waals surface area contributed by atoms with E-state index in [1.165, 1.54) is 0 Å². The summed E-state index contributed by atoms with van der Waals surface area (Å²) in [4.78, 5) is 25.8. The molecule has 1 saturated heterocycles. The van der Waals surface area contributed by atoms with Crippen molar-refractivity contribution >= 4 is 24.4 Å². The molecule has 0 saturated carbocycles. The van der Waals surface area contributed by atoms with Crippen molar-refractivity contribution in [3.05, 3.63) is 102 Å². The van der Waals surface area contributed by atoms with E-state index in [-0.39, 0.29) is 12.3 Å². The van der Waals surface area contributed by atoms with E-state index in [2.05, 4.69) is 5.32 Å². The van der Waals surface area contributed by atoms with E-state index in [4.69, 9.17) is 15.0 Å². The molecule has 2 amide bonds. The van der Waals surface area contributed by atoms with Gasteiger partial charge in [-0.05, 0) is 49.8 Å². The van der Waals surface area contributed by atoms with Crippen LogP contribution in [0.25, 0.3) is 0 Å². The van der Waals surface area contributed by atoms with Crippen LogP contribution in [0.15, 0.2) is 84.9 Å². The Morgan fingerprint density at radius 2 is 1.28 bits per heavy atom. The molecule has 1 aliphatic rings. The fourth-order valence-corrected chi connectivity index (χ4v) is 4.29. The molecule has 1 heterocycles. The number of nitrogens with two attached hydrogens (primary N) is 1.